The van der Waals surface area contributed by atoms with Gasteiger partial charge in [-0.1, -0.05) is 19.4 Å². The van der Waals surface area contributed by atoms with Gasteiger partial charge in [-0.05, 0) is 32.0 Å². The van der Waals surface area contributed by atoms with Gasteiger partial charge in [-0.3, -0.25) is 9.20 Å². The molecule has 0 spiro atoms. The van der Waals surface area contributed by atoms with Crippen molar-refractivity contribution in [1.29, 1.82) is 0 Å². The standard InChI is InChI=1S/C15H21N3O/c1-2-17-9-4-3-6-13(17)10-12-11-18-14(16-12)7-5-8-15(18)19/h5,7-8,11,13,16H,2-4,6,9-10H2,1H3. The number of imidazole rings is 1. The number of fused-ring (bicyclic) bond motifs is 1. The van der Waals surface area contributed by atoms with E-state index in [1.54, 1.807) is 16.5 Å². The molecule has 2 aromatic rings. The van der Waals surface area contributed by atoms with E-state index in [-0.39, 0.29) is 5.56 Å². The summed E-state index contributed by atoms with van der Waals surface area (Å²) in [6.45, 7) is 4.56. The maximum atomic E-state index is 11.7. The number of aromatic nitrogens is 2. The van der Waals surface area contributed by atoms with Crippen LogP contribution in [0.25, 0.3) is 5.65 Å². The summed E-state index contributed by atoms with van der Waals surface area (Å²) in [6.07, 6.45) is 6.87. The first-order chi connectivity index (χ1) is 9.28. The van der Waals surface area contributed by atoms with Crippen molar-refractivity contribution in [2.24, 2.45) is 0 Å². The van der Waals surface area contributed by atoms with E-state index in [1.165, 1.54) is 25.8 Å². The first-order valence-electron chi connectivity index (χ1n) is 7.21. The van der Waals surface area contributed by atoms with Crippen molar-refractivity contribution in [3.05, 3.63) is 40.4 Å². The number of hydrogen-bond acceptors (Lipinski definition) is 2. The van der Waals surface area contributed by atoms with E-state index in [1.807, 2.05) is 12.3 Å². The van der Waals surface area contributed by atoms with Crippen molar-refractivity contribution in [3.8, 4) is 0 Å². The van der Waals surface area contributed by atoms with Gasteiger partial charge in [0.1, 0.15) is 5.65 Å². The first kappa shape index (κ1) is 12.5. The molecule has 0 aromatic carbocycles. The van der Waals surface area contributed by atoms with E-state index in [9.17, 15) is 4.79 Å². The molecule has 1 aliphatic heterocycles. The molecular formula is C15H21N3O. The van der Waals surface area contributed by atoms with Gasteiger partial charge in [0.2, 0.25) is 0 Å². The SMILES string of the molecule is CCN1CCCCC1Cc1cn2c(=O)cccc2[nH]1. The van der Waals surface area contributed by atoms with Crippen LogP contribution in [0.1, 0.15) is 31.9 Å². The quantitative estimate of drug-likeness (QED) is 0.916. The summed E-state index contributed by atoms with van der Waals surface area (Å²) >= 11 is 0. The molecule has 0 radical (unpaired) electrons. The van der Waals surface area contributed by atoms with Crippen LogP contribution in [0, 0.1) is 0 Å². The molecule has 4 heteroatoms. The van der Waals surface area contributed by atoms with Crippen molar-refractivity contribution in [3.63, 3.8) is 0 Å². The van der Waals surface area contributed by atoms with E-state index < -0.39 is 0 Å². The highest BCUT2D eigenvalue weighted by atomic mass is 16.1. The molecule has 0 aliphatic carbocycles. The number of H-pyrrole nitrogens is 1. The third kappa shape index (κ3) is 2.45. The Balaban J connectivity index is 1.84. The molecular weight excluding hydrogens is 238 g/mol. The van der Waals surface area contributed by atoms with Crippen molar-refractivity contribution < 1.29 is 0 Å². The van der Waals surface area contributed by atoms with Crippen LogP contribution in [0.15, 0.2) is 29.2 Å². The molecule has 19 heavy (non-hydrogen) atoms. The summed E-state index contributed by atoms with van der Waals surface area (Å²) in [6, 6.07) is 5.96. The van der Waals surface area contributed by atoms with E-state index in [4.69, 9.17) is 0 Å². The number of nitrogens with one attached hydrogen (secondary N) is 1. The van der Waals surface area contributed by atoms with Crippen LogP contribution in [0.3, 0.4) is 0 Å². The summed E-state index contributed by atoms with van der Waals surface area (Å²) in [5.74, 6) is 0. The second-order valence-electron chi connectivity index (χ2n) is 5.38. The molecule has 1 saturated heterocycles. The smallest absolute Gasteiger partial charge is 0.256 e. The number of hydrogen-bond donors (Lipinski definition) is 1. The van der Waals surface area contributed by atoms with E-state index in [0.29, 0.717) is 6.04 Å². The zero-order valence-electron chi connectivity index (χ0n) is 11.4. The molecule has 0 bridgehead atoms. The summed E-state index contributed by atoms with van der Waals surface area (Å²) in [5.41, 5.74) is 2.09. The van der Waals surface area contributed by atoms with Crippen LogP contribution >= 0.6 is 0 Å². The minimum Gasteiger partial charge on any atom is -0.343 e. The Kier molecular flexibility index (Phi) is 3.42. The summed E-state index contributed by atoms with van der Waals surface area (Å²) in [5, 5.41) is 0. The van der Waals surface area contributed by atoms with Crippen LogP contribution in [-0.4, -0.2) is 33.4 Å². The molecule has 102 valence electrons. The lowest BCUT2D eigenvalue weighted by Crippen LogP contribution is -2.40. The Hall–Kier alpha value is -1.55. The monoisotopic (exact) mass is 259 g/mol. The van der Waals surface area contributed by atoms with Crippen LogP contribution in [-0.2, 0) is 6.42 Å². The summed E-state index contributed by atoms with van der Waals surface area (Å²) in [4.78, 5) is 17.7. The van der Waals surface area contributed by atoms with Crippen LogP contribution < -0.4 is 5.56 Å². The highest BCUT2D eigenvalue weighted by molar-refractivity contribution is 5.39. The van der Waals surface area contributed by atoms with Gasteiger partial charge in [0, 0.05) is 30.4 Å². The average molecular weight is 259 g/mol. The molecule has 1 aliphatic rings. The van der Waals surface area contributed by atoms with Crippen LogP contribution in [0.2, 0.25) is 0 Å². The van der Waals surface area contributed by atoms with Crippen molar-refractivity contribution in [2.75, 3.05) is 13.1 Å². The van der Waals surface area contributed by atoms with E-state index in [0.717, 1.165) is 24.3 Å². The Morgan fingerprint density at radius 2 is 2.26 bits per heavy atom. The Bertz CT molecular complexity index is 613. The van der Waals surface area contributed by atoms with Crippen molar-refractivity contribution in [1.82, 2.24) is 14.3 Å². The predicted molar refractivity (Wildman–Crippen MR) is 76.6 cm³/mol. The van der Waals surface area contributed by atoms with Gasteiger partial charge in [-0.2, -0.15) is 0 Å². The lowest BCUT2D eigenvalue weighted by molar-refractivity contribution is 0.155. The third-order valence-electron chi connectivity index (χ3n) is 4.17. The molecule has 0 amide bonds. The lowest BCUT2D eigenvalue weighted by Gasteiger charge is -2.34. The van der Waals surface area contributed by atoms with Gasteiger partial charge in [-0.15, -0.1) is 0 Å². The predicted octanol–water partition coefficient (Wildman–Crippen LogP) is 2.04. The second-order valence-corrected chi connectivity index (χ2v) is 5.38. The van der Waals surface area contributed by atoms with Crippen molar-refractivity contribution in [2.45, 2.75) is 38.6 Å². The molecule has 1 N–H and O–H groups in total. The number of likely N-dealkylation sites (tertiary alicyclic amines) is 1. The van der Waals surface area contributed by atoms with E-state index in [2.05, 4.69) is 16.8 Å². The number of piperidine rings is 1. The number of pyridine rings is 1. The molecule has 1 fully saturated rings. The lowest BCUT2D eigenvalue weighted by atomic mass is 9.98. The zero-order chi connectivity index (χ0) is 13.2. The molecule has 2 aromatic heterocycles. The van der Waals surface area contributed by atoms with Gasteiger partial charge in [0.15, 0.2) is 0 Å². The molecule has 0 saturated carbocycles. The minimum atomic E-state index is 0.0380. The maximum Gasteiger partial charge on any atom is 0.256 e. The first-order valence-corrected chi connectivity index (χ1v) is 7.21. The van der Waals surface area contributed by atoms with Crippen molar-refractivity contribution >= 4 is 5.65 Å². The van der Waals surface area contributed by atoms with Gasteiger partial charge in [0.05, 0.1) is 0 Å². The highest BCUT2D eigenvalue weighted by Crippen LogP contribution is 2.20. The number of nitrogens with zero attached hydrogens (tertiary/aromatic N) is 2. The summed E-state index contributed by atoms with van der Waals surface area (Å²) in [7, 11) is 0. The van der Waals surface area contributed by atoms with Gasteiger partial charge in [0.25, 0.3) is 5.56 Å². The maximum absolute atomic E-state index is 11.7. The zero-order valence-corrected chi connectivity index (χ0v) is 11.4. The third-order valence-corrected chi connectivity index (χ3v) is 4.17. The molecule has 3 heterocycles. The Morgan fingerprint density at radius 3 is 3.05 bits per heavy atom. The number of rotatable bonds is 3. The normalized spacial score (nSPS) is 21.0. The molecule has 4 nitrogen and oxygen atoms in total. The highest BCUT2D eigenvalue weighted by Gasteiger charge is 2.21. The minimum absolute atomic E-state index is 0.0380. The van der Waals surface area contributed by atoms with Gasteiger partial charge in [-0.25, -0.2) is 0 Å². The largest absolute Gasteiger partial charge is 0.343 e. The average Bonchev–Trinajstić information content (AvgIpc) is 2.83. The Morgan fingerprint density at radius 1 is 1.37 bits per heavy atom. The molecule has 3 rings (SSSR count). The topological polar surface area (TPSA) is 40.5 Å². The number of likely N-dealkylation sites (N-methyl/N-ethyl adjacent to an activating group) is 1. The summed E-state index contributed by atoms with van der Waals surface area (Å²) < 4.78 is 1.70. The fourth-order valence-corrected chi connectivity index (χ4v) is 3.15. The Labute approximate surface area is 113 Å². The second kappa shape index (κ2) is 5.21. The fraction of sp³-hybridized carbons (Fsp3) is 0.533. The fourth-order valence-electron chi connectivity index (χ4n) is 3.15. The number of aromatic amines is 1. The molecule has 1 unspecified atom stereocenters. The van der Waals surface area contributed by atoms with Gasteiger partial charge < -0.3 is 9.88 Å². The van der Waals surface area contributed by atoms with Crippen LogP contribution in [0.5, 0.6) is 0 Å². The van der Waals surface area contributed by atoms with Gasteiger partial charge >= 0.3 is 0 Å². The van der Waals surface area contributed by atoms with Crippen LogP contribution in [0.4, 0.5) is 0 Å². The van der Waals surface area contributed by atoms with E-state index >= 15 is 0 Å². The molecule has 1 atom stereocenters.